The zero-order chi connectivity index (χ0) is 22.5. The Bertz CT molecular complexity index is 989. The Balaban J connectivity index is 1.58. The summed E-state index contributed by atoms with van der Waals surface area (Å²) in [5, 5.41) is 17.0. The number of rotatable bonds is 9. The summed E-state index contributed by atoms with van der Waals surface area (Å²) in [4.78, 5) is 35.3. The fourth-order valence-electron chi connectivity index (χ4n) is 3.32. The van der Waals surface area contributed by atoms with E-state index in [4.69, 9.17) is 9.47 Å². The van der Waals surface area contributed by atoms with E-state index < -0.39 is 4.92 Å². The number of nitro benzene ring substituents is 1. The molecule has 2 aromatic carbocycles. The smallest absolute Gasteiger partial charge is 0.276 e. The van der Waals surface area contributed by atoms with Crippen LogP contribution in [0.3, 0.4) is 0 Å². The minimum Gasteiger partial charge on any atom is -0.493 e. The first-order valence-corrected chi connectivity index (χ1v) is 9.92. The third-order valence-electron chi connectivity index (χ3n) is 5.32. The normalized spacial score (nSPS) is 16.9. The summed E-state index contributed by atoms with van der Waals surface area (Å²) in [6.07, 6.45) is 1.15. The van der Waals surface area contributed by atoms with Crippen molar-refractivity contribution in [2.45, 2.75) is 19.8 Å². The van der Waals surface area contributed by atoms with Gasteiger partial charge in [-0.3, -0.25) is 19.7 Å². The second kappa shape index (κ2) is 9.46. The van der Waals surface area contributed by atoms with E-state index in [0.29, 0.717) is 28.5 Å². The van der Waals surface area contributed by atoms with Gasteiger partial charge in [-0.05, 0) is 49.1 Å². The molecule has 2 aromatic rings. The Morgan fingerprint density at radius 2 is 1.74 bits per heavy atom. The molecule has 0 heterocycles. The van der Waals surface area contributed by atoms with Crippen LogP contribution in [0.1, 0.15) is 29.3 Å². The Kier molecular flexibility index (Phi) is 6.74. The van der Waals surface area contributed by atoms with Crippen LogP contribution in [0.2, 0.25) is 0 Å². The van der Waals surface area contributed by atoms with Gasteiger partial charge in [-0.2, -0.15) is 0 Å². The first kappa shape index (κ1) is 22.1. The highest BCUT2D eigenvalue weighted by Crippen LogP contribution is 2.38. The number of carbonyl (C=O) groups excluding carboxylic acids is 2. The Labute approximate surface area is 179 Å². The molecule has 9 nitrogen and oxygen atoms in total. The van der Waals surface area contributed by atoms with Crippen molar-refractivity contribution in [3.8, 4) is 11.5 Å². The SMILES string of the molecule is COc1cc(CCNC(=O)c2ccc(NC(=O)C3CC3C)cc2)c([N+](=O)[O-])cc1OC. The second-order valence-corrected chi connectivity index (χ2v) is 7.48. The van der Waals surface area contributed by atoms with Crippen LogP contribution in [-0.2, 0) is 11.2 Å². The maximum absolute atomic E-state index is 12.4. The maximum atomic E-state index is 12.4. The number of nitrogens with zero attached hydrogens (tertiary/aromatic N) is 1. The van der Waals surface area contributed by atoms with E-state index in [9.17, 15) is 19.7 Å². The van der Waals surface area contributed by atoms with Crippen molar-refractivity contribution in [2.75, 3.05) is 26.1 Å². The molecule has 0 bridgehead atoms. The zero-order valence-corrected chi connectivity index (χ0v) is 17.6. The van der Waals surface area contributed by atoms with Crippen LogP contribution in [-0.4, -0.2) is 37.5 Å². The average Bonchev–Trinajstić information content (AvgIpc) is 3.50. The number of nitrogens with one attached hydrogen (secondary N) is 2. The minimum absolute atomic E-state index is 0.00113. The van der Waals surface area contributed by atoms with Crippen LogP contribution >= 0.6 is 0 Å². The molecule has 31 heavy (non-hydrogen) atoms. The Morgan fingerprint density at radius 1 is 1.13 bits per heavy atom. The van der Waals surface area contributed by atoms with Gasteiger partial charge in [0, 0.05) is 29.3 Å². The number of hydrogen-bond donors (Lipinski definition) is 2. The van der Waals surface area contributed by atoms with Crippen molar-refractivity contribution in [1.82, 2.24) is 5.32 Å². The molecule has 2 amide bonds. The summed E-state index contributed by atoms with van der Waals surface area (Å²) in [5.74, 6) is 0.839. The summed E-state index contributed by atoms with van der Waals surface area (Å²) in [6, 6.07) is 9.46. The number of methoxy groups -OCH3 is 2. The van der Waals surface area contributed by atoms with Gasteiger partial charge in [0.1, 0.15) is 0 Å². The fourth-order valence-corrected chi connectivity index (χ4v) is 3.32. The van der Waals surface area contributed by atoms with Crippen LogP contribution in [0.25, 0.3) is 0 Å². The molecule has 9 heteroatoms. The van der Waals surface area contributed by atoms with E-state index in [1.807, 2.05) is 6.92 Å². The van der Waals surface area contributed by atoms with Gasteiger partial charge in [0.2, 0.25) is 5.91 Å². The number of hydrogen-bond acceptors (Lipinski definition) is 6. The highest BCUT2D eigenvalue weighted by molar-refractivity contribution is 5.97. The third-order valence-corrected chi connectivity index (χ3v) is 5.32. The van der Waals surface area contributed by atoms with Crippen LogP contribution in [0, 0.1) is 22.0 Å². The molecule has 0 radical (unpaired) electrons. The molecule has 164 valence electrons. The molecule has 0 aliphatic heterocycles. The largest absolute Gasteiger partial charge is 0.493 e. The van der Waals surface area contributed by atoms with Crippen molar-refractivity contribution >= 4 is 23.2 Å². The van der Waals surface area contributed by atoms with Crippen LogP contribution in [0.15, 0.2) is 36.4 Å². The van der Waals surface area contributed by atoms with Crippen LogP contribution in [0.5, 0.6) is 11.5 Å². The predicted molar refractivity (Wildman–Crippen MR) is 115 cm³/mol. The monoisotopic (exact) mass is 427 g/mol. The lowest BCUT2D eigenvalue weighted by Gasteiger charge is -2.11. The number of nitro groups is 1. The lowest BCUT2D eigenvalue weighted by molar-refractivity contribution is -0.385. The minimum atomic E-state index is -0.492. The lowest BCUT2D eigenvalue weighted by atomic mass is 10.1. The van der Waals surface area contributed by atoms with E-state index in [-0.39, 0.29) is 42.1 Å². The van der Waals surface area contributed by atoms with Crippen molar-refractivity contribution in [2.24, 2.45) is 11.8 Å². The fraction of sp³-hybridized carbons (Fsp3) is 0.364. The number of carbonyl (C=O) groups is 2. The topological polar surface area (TPSA) is 120 Å². The van der Waals surface area contributed by atoms with Gasteiger partial charge in [0.25, 0.3) is 11.6 Å². The summed E-state index contributed by atoms with van der Waals surface area (Å²) < 4.78 is 10.3. The van der Waals surface area contributed by atoms with Gasteiger partial charge >= 0.3 is 0 Å². The van der Waals surface area contributed by atoms with Crippen molar-refractivity contribution in [3.63, 3.8) is 0 Å². The number of amides is 2. The molecule has 0 saturated heterocycles. The molecular weight excluding hydrogens is 402 g/mol. The third kappa shape index (κ3) is 5.30. The molecule has 1 saturated carbocycles. The lowest BCUT2D eigenvalue weighted by Crippen LogP contribution is -2.26. The first-order chi connectivity index (χ1) is 14.8. The molecule has 0 spiro atoms. The van der Waals surface area contributed by atoms with Gasteiger partial charge in [0.05, 0.1) is 25.2 Å². The van der Waals surface area contributed by atoms with E-state index in [2.05, 4.69) is 10.6 Å². The Morgan fingerprint density at radius 3 is 2.29 bits per heavy atom. The maximum Gasteiger partial charge on any atom is 0.276 e. The summed E-state index contributed by atoms with van der Waals surface area (Å²) in [6.45, 7) is 2.24. The highest BCUT2D eigenvalue weighted by atomic mass is 16.6. The number of ether oxygens (including phenoxy) is 2. The van der Waals surface area contributed by atoms with Gasteiger partial charge in [0.15, 0.2) is 11.5 Å². The molecule has 2 atom stereocenters. The molecule has 3 rings (SSSR count). The van der Waals surface area contributed by atoms with Crippen molar-refractivity contribution in [1.29, 1.82) is 0 Å². The summed E-state index contributed by atoms with van der Waals surface area (Å²) in [7, 11) is 2.86. The standard InChI is InChI=1S/C22H25N3O6/c1-13-10-17(13)22(27)24-16-6-4-14(5-7-16)21(26)23-9-8-15-11-19(30-2)20(31-3)12-18(15)25(28)29/h4-7,11-13,17H,8-10H2,1-3H3,(H,23,26)(H,24,27). The zero-order valence-electron chi connectivity index (χ0n) is 17.6. The number of anilines is 1. The van der Waals surface area contributed by atoms with Crippen LogP contribution in [0.4, 0.5) is 11.4 Å². The first-order valence-electron chi connectivity index (χ1n) is 9.92. The van der Waals surface area contributed by atoms with E-state index in [1.54, 1.807) is 30.3 Å². The molecule has 2 unspecified atom stereocenters. The molecule has 1 fully saturated rings. The predicted octanol–water partition coefficient (Wildman–Crippen LogP) is 3.18. The van der Waals surface area contributed by atoms with Crippen molar-refractivity contribution in [3.05, 3.63) is 57.6 Å². The molecule has 0 aromatic heterocycles. The molecular formula is C22H25N3O6. The Hall–Kier alpha value is -3.62. The average molecular weight is 427 g/mol. The van der Waals surface area contributed by atoms with E-state index in [0.717, 1.165) is 6.42 Å². The molecule has 1 aliphatic carbocycles. The van der Waals surface area contributed by atoms with Crippen LogP contribution < -0.4 is 20.1 Å². The van der Waals surface area contributed by atoms with Crippen molar-refractivity contribution < 1.29 is 24.0 Å². The molecule has 1 aliphatic rings. The van der Waals surface area contributed by atoms with Gasteiger partial charge in [-0.15, -0.1) is 0 Å². The quantitative estimate of drug-likeness (QED) is 0.468. The second-order valence-electron chi connectivity index (χ2n) is 7.48. The van der Waals surface area contributed by atoms with Gasteiger partial charge < -0.3 is 20.1 Å². The summed E-state index contributed by atoms with van der Waals surface area (Å²) >= 11 is 0. The number of benzene rings is 2. The van der Waals surface area contributed by atoms with E-state index in [1.165, 1.54) is 20.3 Å². The van der Waals surface area contributed by atoms with E-state index >= 15 is 0 Å². The highest BCUT2D eigenvalue weighted by Gasteiger charge is 2.39. The molecule has 2 N–H and O–H groups in total. The summed E-state index contributed by atoms with van der Waals surface area (Å²) in [5.41, 5.74) is 1.40. The van der Waals surface area contributed by atoms with Gasteiger partial charge in [-0.25, -0.2) is 0 Å². The van der Waals surface area contributed by atoms with Gasteiger partial charge in [-0.1, -0.05) is 6.92 Å².